The molecule has 122 valence electrons. The highest BCUT2D eigenvalue weighted by molar-refractivity contribution is 6.31. The molecule has 1 fully saturated rings. The molecule has 0 aromatic heterocycles. The van der Waals surface area contributed by atoms with E-state index in [1.807, 2.05) is 0 Å². The zero-order valence-corrected chi connectivity index (χ0v) is 13.3. The van der Waals surface area contributed by atoms with Crippen LogP contribution in [0.15, 0.2) is 18.2 Å². The van der Waals surface area contributed by atoms with Gasteiger partial charge < -0.3 is 20.5 Å². The molecule has 1 aromatic carbocycles. The molecule has 0 radical (unpaired) electrons. The summed E-state index contributed by atoms with van der Waals surface area (Å²) in [6.07, 6.45) is -0.638. The Hall–Kier alpha value is -1.21. The predicted octanol–water partition coefficient (Wildman–Crippen LogP) is 1.18. The van der Waals surface area contributed by atoms with E-state index in [2.05, 4.69) is 10.6 Å². The maximum Gasteiger partial charge on any atom is 0.251 e. The lowest BCUT2D eigenvalue weighted by molar-refractivity contribution is -0.137. The number of benzene rings is 1. The molecule has 1 aliphatic rings. The summed E-state index contributed by atoms with van der Waals surface area (Å²) in [7, 11) is 0. The zero-order chi connectivity index (χ0) is 16.3. The number of aliphatic hydroxyl groups is 1. The molecule has 2 rings (SSSR count). The Morgan fingerprint density at radius 2 is 2.32 bits per heavy atom. The molecule has 3 N–H and O–H groups in total. The number of ether oxygens (including phenoxy) is 1. The second kappa shape index (κ2) is 6.91. The number of hydrogen-bond acceptors (Lipinski definition) is 4. The van der Waals surface area contributed by atoms with Gasteiger partial charge in [-0.05, 0) is 31.5 Å². The highest BCUT2D eigenvalue weighted by Gasteiger charge is 2.32. The fraction of sp³-hybridized carbons (Fsp3) is 0.533. The van der Waals surface area contributed by atoms with Crippen LogP contribution in [0, 0.1) is 5.82 Å². The van der Waals surface area contributed by atoms with Crippen LogP contribution in [0.1, 0.15) is 19.4 Å². The normalized spacial score (nSPS) is 22.4. The molecular formula is C15H20ClFN2O3. The Balaban J connectivity index is 2.03. The van der Waals surface area contributed by atoms with E-state index < -0.39 is 17.5 Å². The van der Waals surface area contributed by atoms with Crippen LogP contribution in [-0.2, 0) is 15.1 Å². The van der Waals surface area contributed by atoms with Crippen molar-refractivity contribution in [1.82, 2.24) is 10.6 Å². The maximum absolute atomic E-state index is 13.1. The summed E-state index contributed by atoms with van der Waals surface area (Å²) in [5, 5.41) is 15.2. The van der Waals surface area contributed by atoms with Crippen molar-refractivity contribution in [2.24, 2.45) is 0 Å². The van der Waals surface area contributed by atoms with E-state index in [0.717, 1.165) is 0 Å². The fourth-order valence-corrected chi connectivity index (χ4v) is 2.77. The molecule has 1 aliphatic heterocycles. The van der Waals surface area contributed by atoms with Crippen LogP contribution in [-0.4, -0.2) is 42.9 Å². The van der Waals surface area contributed by atoms with Crippen LogP contribution >= 0.6 is 11.6 Å². The van der Waals surface area contributed by atoms with Gasteiger partial charge in [0.2, 0.25) is 0 Å². The molecule has 2 atom stereocenters. The standard InChI is InChI=1S/C15H20ClFN2O3/c1-15(2,11-4-3-9(17)5-12(11)16)19-14(21)13-6-18-10(7-20)8-22-13/h3-5,10,13,18,20H,6-8H2,1-2H3,(H,19,21)/t10-,13+/m1/s1. The van der Waals surface area contributed by atoms with Crippen molar-refractivity contribution in [3.8, 4) is 0 Å². The quantitative estimate of drug-likeness (QED) is 0.775. The van der Waals surface area contributed by atoms with Gasteiger partial charge in [0, 0.05) is 11.6 Å². The van der Waals surface area contributed by atoms with E-state index in [9.17, 15) is 9.18 Å². The molecule has 1 amide bonds. The number of rotatable bonds is 4. The number of morpholine rings is 1. The molecule has 0 spiro atoms. The number of aliphatic hydroxyl groups excluding tert-OH is 1. The third kappa shape index (κ3) is 3.95. The molecule has 22 heavy (non-hydrogen) atoms. The minimum absolute atomic E-state index is 0.0367. The van der Waals surface area contributed by atoms with Crippen molar-refractivity contribution in [3.63, 3.8) is 0 Å². The maximum atomic E-state index is 13.1. The molecule has 1 heterocycles. The lowest BCUT2D eigenvalue weighted by Gasteiger charge is -2.33. The smallest absolute Gasteiger partial charge is 0.251 e. The van der Waals surface area contributed by atoms with E-state index in [1.165, 1.54) is 12.1 Å². The Kier molecular flexibility index (Phi) is 5.39. The minimum atomic E-state index is -0.765. The molecule has 1 aromatic rings. The van der Waals surface area contributed by atoms with Crippen LogP contribution in [0.5, 0.6) is 0 Å². The molecule has 1 saturated heterocycles. The highest BCUT2D eigenvalue weighted by Crippen LogP contribution is 2.28. The average Bonchev–Trinajstić information content (AvgIpc) is 2.46. The lowest BCUT2D eigenvalue weighted by atomic mass is 9.93. The number of halogens is 2. The van der Waals surface area contributed by atoms with Crippen molar-refractivity contribution < 1.29 is 19.0 Å². The third-order valence-corrected chi connectivity index (χ3v) is 3.96. The van der Waals surface area contributed by atoms with E-state index in [-0.39, 0.29) is 30.2 Å². The largest absolute Gasteiger partial charge is 0.395 e. The van der Waals surface area contributed by atoms with E-state index >= 15 is 0 Å². The number of amides is 1. The summed E-state index contributed by atoms with van der Waals surface area (Å²) < 4.78 is 18.6. The highest BCUT2D eigenvalue weighted by atomic mass is 35.5. The van der Waals surface area contributed by atoms with E-state index in [1.54, 1.807) is 19.9 Å². The second-order valence-corrected chi connectivity index (χ2v) is 6.26. The van der Waals surface area contributed by atoms with Crippen LogP contribution in [0.25, 0.3) is 0 Å². The summed E-state index contributed by atoms with van der Waals surface area (Å²) in [5.41, 5.74) is -0.139. The van der Waals surface area contributed by atoms with Crippen molar-refractivity contribution in [1.29, 1.82) is 0 Å². The zero-order valence-electron chi connectivity index (χ0n) is 12.5. The SMILES string of the molecule is CC(C)(NC(=O)[C@@H]1CN[C@H](CO)CO1)c1ccc(F)cc1Cl. The third-order valence-electron chi connectivity index (χ3n) is 3.64. The Morgan fingerprint density at radius 1 is 1.59 bits per heavy atom. The molecule has 5 nitrogen and oxygen atoms in total. The van der Waals surface area contributed by atoms with Crippen LogP contribution < -0.4 is 10.6 Å². The predicted molar refractivity (Wildman–Crippen MR) is 81.2 cm³/mol. The Morgan fingerprint density at radius 3 is 2.86 bits per heavy atom. The van der Waals surface area contributed by atoms with Gasteiger partial charge >= 0.3 is 0 Å². The molecule has 0 saturated carbocycles. The van der Waals surface area contributed by atoms with Crippen LogP contribution in [0.4, 0.5) is 4.39 Å². The van der Waals surface area contributed by atoms with Gasteiger partial charge in [-0.1, -0.05) is 17.7 Å². The number of nitrogens with one attached hydrogen (secondary N) is 2. The van der Waals surface area contributed by atoms with Gasteiger partial charge in [-0.2, -0.15) is 0 Å². The van der Waals surface area contributed by atoms with Gasteiger partial charge in [0.05, 0.1) is 24.8 Å². The molecule has 0 unspecified atom stereocenters. The summed E-state index contributed by atoms with van der Waals surface area (Å²) in [6, 6.07) is 3.93. The van der Waals surface area contributed by atoms with Crippen molar-refractivity contribution in [2.75, 3.05) is 19.8 Å². The van der Waals surface area contributed by atoms with Crippen LogP contribution in [0.3, 0.4) is 0 Å². The minimum Gasteiger partial charge on any atom is -0.395 e. The molecule has 0 aliphatic carbocycles. The average molecular weight is 331 g/mol. The first-order chi connectivity index (χ1) is 10.3. The van der Waals surface area contributed by atoms with Gasteiger partial charge in [0.15, 0.2) is 0 Å². The summed E-state index contributed by atoms with van der Waals surface area (Å²) in [4.78, 5) is 12.3. The molecular weight excluding hydrogens is 311 g/mol. The topological polar surface area (TPSA) is 70.6 Å². The second-order valence-electron chi connectivity index (χ2n) is 5.85. The van der Waals surface area contributed by atoms with Gasteiger partial charge in [-0.15, -0.1) is 0 Å². The summed E-state index contributed by atoms with van der Waals surface area (Å²) >= 11 is 6.06. The Bertz CT molecular complexity index is 546. The molecule has 0 bridgehead atoms. The summed E-state index contributed by atoms with van der Waals surface area (Å²) in [5.74, 6) is -0.708. The molecule has 7 heteroatoms. The van der Waals surface area contributed by atoms with Gasteiger partial charge in [-0.25, -0.2) is 4.39 Å². The first-order valence-electron chi connectivity index (χ1n) is 7.07. The van der Waals surface area contributed by atoms with Crippen LogP contribution in [0.2, 0.25) is 5.02 Å². The summed E-state index contributed by atoms with van der Waals surface area (Å²) in [6.45, 7) is 4.13. The lowest BCUT2D eigenvalue weighted by Crippen LogP contribution is -2.56. The van der Waals surface area contributed by atoms with Crippen molar-refractivity contribution in [3.05, 3.63) is 34.6 Å². The number of carbonyl (C=O) groups is 1. The Labute approximate surface area is 133 Å². The first kappa shape index (κ1) is 17.1. The van der Waals surface area contributed by atoms with Crippen molar-refractivity contribution >= 4 is 17.5 Å². The van der Waals surface area contributed by atoms with E-state index in [0.29, 0.717) is 12.1 Å². The monoisotopic (exact) mass is 330 g/mol. The van der Waals surface area contributed by atoms with Gasteiger partial charge in [0.25, 0.3) is 5.91 Å². The number of carbonyl (C=O) groups excluding carboxylic acids is 1. The van der Waals surface area contributed by atoms with Gasteiger partial charge in [0.1, 0.15) is 11.9 Å². The van der Waals surface area contributed by atoms with E-state index in [4.69, 9.17) is 21.4 Å². The van der Waals surface area contributed by atoms with Crippen molar-refractivity contribution in [2.45, 2.75) is 31.5 Å². The number of hydrogen-bond donors (Lipinski definition) is 3. The first-order valence-corrected chi connectivity index (χ1v) is 7.44. The van der Waals surface area contributed by atoms with Gasteiger partial charge in [-0.3, -0.25) is 4.79 Å². The fourth-order valence-electron chi connectivity index (χ4n) is 2.36.